The third-order valence-corrected chi connectivity index (χ3v) is 9.99. The molecule has 0 N–H and O–H groups in total. The summed E-state index contributed by atoms with van der Waals surface area (Å²) in [4.78, 5) is 0. The molecule has 0 aliphatic carbocycles. The van der Waals surface area contributed by atoms with Crippen molar-refractivity contribution in [1.82, 2.24) is 0 Å². The Hall–Kier alpha value is 2.05. The van der Waals surface area contributed by atoms with Crippen molar-refractivity contribution >= 4 is 78.5 Å². The van der Waals surface area contributed by atoms with Gasteiger partial charge >= 0.3 is 12.0 Å². The highest BCUT2D eigenvalue weighted by Crippen LogP contribution is 2.27. The number of hydrogen-bond acceptors (Lipinski definition) is 3. The molecule has 0 aromatic rings. The van der Waals surface area contributed by atoms with E-state index in [9.17, 15) is 0 Å². The largest absolute Gasteiger partial charge is 0.381 e. The average Bonchev–Trinajstić information content (AvgIpc) is 2.66. The quantitative estimate of drug-likeness (QED) is 0.0669. The van der Waals surface area contributed by atoms with Gasteiger partial charge in [-0.1, -0.05) is 39.0 Å². The van der Waals surface area contributed by atoms with Gasteiger partial charge in [0.25, 0.3) is 0 Å². The van der Waals surface area contributed by atoms with Gasteiger partial charge in [0.2, 0.25) is 0 Å². The third kappa shape index (κ3) is 28.2. The van der Waals surface area contributed by atoms with Crippen LogP contribution in [0, 0.1) is 5.92 Å². The summed E-state index contributed by atoms with van der Waals surface area (Å²) in [6.07, 6.45) is 11.2. The van der Waals surface area contributed by atoms with Gasteiger partial charge in [-0.05, 0) is 44.2 Å². The normalized spacial score (nSPS) is 12.8. The van der Waals surface area contributed by atoms with E-state index in [1.165, 1.54) is 32.1 Å². The van der Waals surface area contributed by atoms with Crippen LogP contribution in [0.1, 0.15) is 71.1 Å². The first-order valence-electron chi connectivity index (χ1n) is 11.5. The molecule has 0 unspecified atom stereocenters. The van der Waals surface area contributed by atoms with Crippen LogP contribution in [-0.4, -0.2) is 51.6 Å². The second-order valence-electron chi connectivity index (χ2n) is 7.98. The van der Waals surface area contributed by atoms with Crippen LogP contribution in [0.2, 0.25) is 12.1 Å². The molecule has 0 aromatic carbocycles. The first-order valence-corrected chi connectivity index (χ1v) is 22.0. The summed E-state index contributed by atoms with van der Waals surface area (Å²) < 4.78 is 17.4. The molecule has 0 radical (unpaired) electrons. The van der Waals surface area contributed by atoms with Crippen molar-refractivity contribution in [3.8, 4) is 0 Å². The molecule has 0 aromatic heterocycles. The van der Waals surface area contributed by atoms with Gasteiger partial charge in [0.15, 0.2) is 0 Å². The summed E-state index contributed by atoms with van der Waals surface area (Å²) in [6.45, 7) is 6.35. The van der Waals surface area contributed by atoms with Gasteiger partial charge in [0, 0.05) is 32.3 Å². The van der Waals surface area contributed by atoms with Crippen molar-refractivity contribution in [3.05, 3.63) is 0 Å². The third-order valence-electron chi connectivity index (χ3n) is 4.75. The predicted octanol–water partition coefficient (Wildman–Crippen LogP) is 8.88. The van der Waals surface area contributed by atoms with Gasteiger partial charge in [0.1, 0.15) is 0 Å². The van der Waals surface area contributed by atoms with Gasteiger partial charge in [-0.25, -0.2) is 0 Å². The van der Waals surface area contributed by atoms with E-state index >= 15 is 0 Å². The van der Waals surface area contributed by atoms with Gasteiger partial charge in [-0.2, -0.15) is 0 Å². The van der Waals surface area contributed by atoms with E-state index < -0.39 is 12.0 Å². The van der Waals surface area contributed by atoms with E-state index in [0.717, 1.165) is 45.3 Å². The van der Waals surface area contributed by atoms with E-state index in [-0.39, 0.29) is 0 Å². The molecule has 0 atom stereocenters. The van der Waals surface area contributed by atoms with E-state index in [1.54, 1.807) is 0 Å². The van der Waals surface area contributed by atoms with Crippen molar-refractivity contribution in [3.63, 3.8) is 0 Å². The summed E-state index contributed by atoms with van der Waals surface area (Å²) >= 11 is 35.5. The second-order valence-corrected chi connectivity index (χ2v) is 26.5. The Morgan fingerprint density at radius 1 is 0.548 bits per heavy atom. The highest BCUT2D eigenvalue weighted by Gasteiger charge is 2.24. The van der Waals surface area contributed by atoms with E-state index in [0.29, 0.717) is 44.4 Å². The zero-order chi connectivity index (χ0) is 23.4. The van der Waals surface area contributed by atoms with Crippen LogP contribution >= 0.6 is 66.5 Å². The van der Waals surface area contributed by atoms with Crippen LogP contribution in [0.25, 0.3) is 0 Å². The Morgan fingerprint density at radius 2 is 1.00 bits per heavy atom. The lowest BCUT2D eigenvalue weighted by Gasteiger charge is -2.18. The molecular weight excluding hydrogens is 557 g/mol. The monoisotopic (exact) mass is 594 g/mol. The summed E-state index contributed by atoms with van der Waals surface area (Å²) in [5.41, 5.74) is 0. The standard InChI is InChI=1S/C20H40Cl6O3Si2/c1-2-3-4-5-6-7-12-27-13-8-11-20(18-28-14-9-16-30(21,22)23)19-29-15-10-17-31(24,25)26/h20H,2-19H2,1H3. The molecule has 0 amide bonds. The van der Waals surface area contributed by atoms with Crippen molar-refractivity contribution in [2.75, 3.05) is 39.6 Å². The Morgan fingerprint density at radius 3 is 1.52 bits per heavy atom. The molecule has 0 bridgehead atoms. The molecular formula is C20H40Cl6O3Si2. The fourth-order valence-electron chi connectivity index (χ4n) is 3.02. The summed E-state index contributed by atoms with van der Waals surface area (Å²) in [6, 6.07) is -3.89. The number of halogens is 6. The van der Waals surface area contributed by atoms with Crippen molar-refractivity contribution < 1.29 is 14.2 Å². The van der Waals surface area contributed by atoms with Crippen LogP contribution < -0.4 is 0 Å². The maximum atomic E-state index is 5.91. The van der Waals surface area contributed by atoms with Crippen LogP contribution in [0.4, 0.5) is 0 Å². The van der Waals surface area contributed by atoms with Crippen molar-refractivity contribution in [2.24, 2.45) is 5.92 Å². The summed E-state index contributed by atoms with van der Waals surface area (Å²) in [5.74, 6) is 0.313. The first kappa shape index (κ1) is 33.1. The highest BCUT2D eigenvalue weighted by atomic mass is 35.8. The maximum absolute atomic E-state index is 5.91. The summed E-state index contributed by atoms with van der Waals surface area (Å²) in [5, 5.41) is 0. The zero-order valence-electron chi connectivity index (χ0n) is 18.8. The first-order chi connectivity index (χ1) is 14.6. The molecule has 0 aliphatic rings. The molecule has 0 saturated carbocycles. The molecule has 0 saturated heterocycles. The fraction of sp³-hybridized carbons (Fsp3) is 1.00. The minimum atomic E-state index is -2.56. The molecule has 3 nitrogen and oxygen atoms in total. The Kier molecular flexibility index (Phi) is 22.8. The number of ether oxygens (including phenoxy) is 3. The van der Waals surface area contributed by atoms with Crippen LogP contribution in [0.3, 0.4) is 0 Å². The maximum Gasteiger partial charge on any atom is 0.341 e. The number of hydrogen-bond donors (Lipinski definition) is 0. The summed E-state index contributed by atoms with van der Waals surface area (Å²) in [7, 11) is 0. The average molecular weight is 597 g/mol. The van der Waals surface area contributed by atoms with E-state index in [4.69, 9.17) is 80.7 Å². The number of unbranched alkanes of at least 4 members (excludes halogenated alkanes) is 5. The molecule has 11 heteroatoms. The Balaban J connectivity index is 3.94. The van der Waals surface area contributed by atoms with Crippen LogP contribution in [0.15, 0.2) is 0 Å². The van der Waals surface area contributed by atoms with E-state index in [2.05, 4.69) is 6.92 Å². The minimum absolute atomic E-state index is 0.313. The predicted molar refractivity (Wildman–Crippen MR) is 144 cm³/mol. The lowest BCUT2D eigenvalue weighted by Crippen LogP contribution is -2.19. The molecule has 188 valence electrons. The van der Waals surface area contributed by atoms with Crippen LogP contribution in [-0.2, 0) is 14.2 Å². The number of rotatable bonds is 23. The molecule has 0 heterocycles. The Bertz CT molecular complexity index is 374. The Labute approximate surface area is 220 Å². The minimum Gasteiger partial charge on any atom is -0.381 e. The molecule has 0 rings (SSSR count). The lowest BCUT2D eigenvalue weighted by molar-refractivity contribution is 0.0311. The molecule has 0 fully saturated rings. The van der Waals surface area contributed by atoms with Gasteiger partial charge in [0.05, 0.1) is 13.2 Å². The fourth-order valence-corrected chi connectivity index (χ4v) is 6.52. The molecule has 0 aliphatic heterocycles. The van der Waals surface area contributed by atoms with Gasteiger partial charge in [-0.3, -0.25) is 0 Å². The van der Waals surface area contributed by atoms with E-state index in [1.807, 2.05) is 0 Å². The van der Waals surface area contributed by atoms with Crippen molar-refractivity contribution in [1.29, 1.82) is 0 Å². The smallest absolute Gasteiger partial charge is 0.341 e. The molecule has 31 heavy (non-hydrogen) atoms. The lowest BCUT2D eigenvalue weighted by atomic mass is 10.1. The molecule has 0 spiro atoms. The SMILES string of the molecule is CCCCCCCCOCCCC(COCCC[Si](Cl)(Cl)Cl)COCCC[Si](Cl)(Cl)Cl. The van der Waals surface area contributed by atoms with Gasteiger partial charge in [-0.15, -0.1) is 66.5 Å². The highest BCUT2D eigenvalue weighted by molar-refractivity contribution is 7.65. The van der Waals surface area contributed by atoms with Crippen LogP contribution in [0.5, 0.6) is 0 Å². The van der Waals surface area contributed by atoms with Crippen molar-refractivity contribution in [2.45, 2.75) is 83.2 Å². The topological polar surface area (TPSA) is 27.7 Å². The second kappa shape index (κ2) is 21.3. The zero-order valence-corrected chi connectivity index (χ0v) is 25.3. The van der Waals surface area contributed by atoms with Gasteiger partial charge < -0.3 is 14.2 Å².